The third kappa shape index (κ3) is 4.37. The molecule has 0 rings (SSSR count). The SMILES string of the molecule is CC(=O)/C(=C\O)CC=C(C)C. The van der Waals surface area contributed by atoms with Crippen LogP contribution in [-0.2, 0) is 4.79 Å². The largest absolute Gasteiger partial charge is 0.515 e. The van der Waals surface area contributed by atoms with E-state index in [4.69, 9.17) is 5.11 Å². The van der Waals surface area contributed by atoms with Gasteiger partial charge in [0.2, 0.25) is 0 Å². The van der Waals surface area contributed by atoms with Crippen molar-refractivity contribution in [3.05, 3.63) is 23.5 Å². The van der Waals surface area contributed by atoms with Gasteiger partial charge in [0.1, 0.15) is 0 Å². The Bertz CT molecular complexity index is 196. The summed E-state index contributed by atoms with van der Waals surface area (Å²) in [4.78, 5) is 10.7. The first-order valence-corrected chi connectivity index (χ1v) is 3.55. The van der Waals surface area contributed by atoms with Gasteiger partial charge < -0.3 is 5.11 Å². The second-order valence-corrected chi connectivity index (χ2v) is 2.70. The molecule has 0 bridgehead atoms. The molecule has 1 N–H and O–H groups in total. The fourth-order valence-electron chi connectivity index (χ4n) is 0.601. The van der Waals surface area contributed by atoms with E-state index in [1.165, 1.54) is 6.92 Å². The predicted octanol–water partition coefficient (Wildman–Crippen LogP) is 2.37. The molecular formula is C9H14O2. The van der Waals surface area contributed by atoms with E-state index in [9.17, 15) is 4.79 Å². The van der Waals surface area contributed by atoms with Crippen LogP contribution in [0.4, 0.5) is 0 Å². The maximum Gasteiger partial charge on any atom is 0.159 e. The summed E-state index contributed by atoms with van der Waals surface area (Å²) in [6, 6.07) is 0. The quantitative estimate of drug-likeness (QED) is 0.385. The minimum Gasteiger partial charge on any atom is -0.515 e. The number of ketones is 1. The second kappa shape index (κ2) is 4.72. The normalized spacial score (nSPS) is 11.0. The molecule has 0 amide bonds. The van der Waals surface area contributed by atoms with Gasteiger partial charge >= 0.3 is 0 Å². The van der Waals surface area contributed by atoms with Crippen LogP contribution in [0.25, 0.3) is 0 Å². The van der Waals surface area contributed by atoms with Crippen LogP contribution in [0.3, 0.4) is 0 Å². The van der Waals surface area contributed by atoms with Crippen molar-refractivity contribution in [1.82, 2.24) is 0 Å². The number of allylic oxidation sites excluding steroid dienone is 3. The van der Waals surface area contributed by atoms with Gasteiger partial charge in [0.05, 0.1) is 6.26 Å². The van der Waals surface area contributed by atoms with E-state index < -0.39 is 0 Å². The van der Waals surface area contributed by atoms with Crippen LogP contribution in [0.2, 0.25) is 0 Å². The lowest BCUT2D eigenvalue weighted by Crippen LogP contribution is -1.95. The average molecular weight is 154 g/mol. The number of carbonyl (C=O) groups excluding carboxylic acids is 1. The standard InChI is InChI=1S/C9H14O2/c1-7(2)4-5-9(6-10)8(3)11/h4,6,10H,5H2,1-3H3/b9-6-. The highest BCUT2D eigenvalue weighted by Crippen LogP contribution is 2.04. The summed E-state index contributed by atoms with van der Waals surface area (Å²) >= 11 is 0. The Morgan fingerprint density at radius 3 is 2.18 bits per heavy atom. The van der Waals surface area contributed by atoms with Crippen LogP contribution in [-0.4, -0.2) is 10.9 Å². The number of aliphatic hydroxyl groups excluding tert-OH is 1. The number of Topliss-reactive ketones (excluding diaryl/α,β-unsaturated/α-hetero) is 1. The Morgan fingerprint density at radius 1 is 1.36 bits per heavy atom. The van der Waals surface area contributed by atoms with E-state index in [0.29, 0.717) is 12.0 Å². The highest BCUT2D eigenvalue weighted by atomic mass is 16.2. The lowest BCUT2D eigenvalue weighted by molar-refractivity contribution is -0.113. The minimum absolute atomic E-state index is 0.0787. The molecule has 0 atom stereocenters. The van der Waals surface area contributed by atoms with E-state index in [2.05, 4.69) is 0 Å². The topological polar surface area (TPSA) is 37.3 Å². The van der Waals surface area contributed by atoms with Gasteiger partial charge in [0.15, 0.2) is 5.78 Å². The van der Waals surface area contributed by atoms with Crippen LogP contribution in [0, 0.1) is 0 Å². The molecule has 0 aromatic rings. The van der Waals surface area contributed by atoms with Crippen molar-refractivity contribution in [3.63, 3.8) is 0 Å². The zero-order valence-electron chi connectivity index (χ0n) is 7.22. The molecule has 2 heteroatoms. The Morgan fingerprint density at radius 2 is 1.91 bits per heavy atom. The molecule has 0 saturated carbocycles. The monoisotopic (exact) mass is 154 g/mol. The Kier molecular flexibility index (Phi) is 4.27. The fourth-order valence-corrected chi connectivity index (χ4v) is 0.601. The summed E-state index contributed by atoms with van der Waals surface area (Å²) in [5.74, 6) is -0.0787. The van der Waals surface area contributed by atoms with Crippen LogP contribution in [0.15, 0.2) is 23.5 Å². The average Bonchev–Trinajstić information content (AvgIpc) is 1.87. The van der Waals surface area contributed by atoms with E-state index in [1.807, 2.05) is 19.9 Å². The zero-order valence-corrected chi connectivity index (χ0v) is 7.22. The maximum atomic E-state index is 10.7. The molecule has 0 aromatic carbocycles. The third-order valence-electron chi connectivity index (χ3n) is 1.34. The molecule has 11 heavy (non-hydrogen) atoms. The second-order valence-electron chi connectivity index (χ2n) is 2.70. The molecular weight excluding hydrogens is 140 g/mol. The van der Waals surface area contributed by atoms with Gasteiger partial charge in [0, 0.05) is 5.57 Å². The van der Waals surface area contributed by atoms with Gasteiger partial charge in [-0.25, -0.2) is 0 Å². The zero-order chi connectivity index (χ0) is 8.85. The Balaban J connectivity index is 4.13. The van der Waals surface area contributed by atoms with Crippen molar-refractivity contribution in [2.24, 2.45) is 0 Å². The van der Waals surface area contributed by atoms with E-state index in [-0.39, 0.29) is 5.78 Å². The van der Waals surface area contributed by atoms with Crippen LogP contribution >= 0.6 is 0 Å². The van der Waals surface area contributed by atoms with Gasteiger partial charge in [-0.15, -0.1) is 0 Å². The Labute approximate surface area is 67.2 Å². The summed E-state index contributed by atoms with van der Waals surface area (Å²) in [6.07, 6.45) is 3.30. The molecule has 0 unspecified atom stereocenters. The highest BCUT2D eigenvalue weighted by molar-refractivity contribution is 5.93. The fraction of sp³-hybridized carbons (Fsp3) is 0.444. The van der Waals surface area contributed by atoms with Gasteiger partial charge in [0.25, 0.3) is 0 Å². The molecule has 0 fully saturated rings. The molecule has 62 valence electrons. The van der Waals surface area contributed by atoms with Crippen molar-refractivity contribution in [1.29, 1.82) is 0 Å². The van der Waals surface area contributed by atoms with Gasteiger partial charge in [-0.2, -0.15) is 0 Å². The molecule has 0 spiro atoms. The molecule has 0 radical (unpaired) electrons. The van der Waals surface area contributed by atoms with Crippen molar-refractivity contribution in [2.45, 2.75) is 27.2 Å². The molecule has 0 aliphatic carbocycles. The summed E-state index contributed by atoms with van der Waals surface area (Å²) in [6.45, 7) is 5.35. The van der Waals surface area contributed by atoms with Crippen LogP contribution < -0.4 is 0 Å². The minimum atomic E-state index is -0.0787. The number of carbonyl (C=O) groups is 1. The first-order chi connectivity index (χ1) is 5.07. The van der Waals surface area contributed by atoms with E-state index >= 15 is 0 Å². The first-order valence-electron chi connectivity index (χ1n) is 3.55. The van der Waals surface area contributed by atoms with Gasteiger partial charge in [-0.05, 0) is 27.2 Å². The molecule has 0 aliphatic rings. The first kappa shape index (κ1) is 9.95. The van der Waals surface area contributed by atoms with Crippen LogP contribution in [0.5, 0.6) is 0 Å². The van der Waals surface area contributed by atoms with E-state index in [0.717, 1.165) is 11.8 Å². The van der Waals surface area contributed by atoms with Crippen molar-refractivity contribution >= 4 is 5.78 Å². The van der Waals surface area contributed by atoms with Crippen LogP contribution in [0.1, 0.15) is 27.2 Å². The third-order valence-corrected chi connectivity index (χ3v) is 1.34. The molecule has 0 heterocycles. The maximum absolute atomic E-state index is 10.7. The molecule has 0 saturated heterocycles. The summed E-state index contributed by atoms with van der Waals surface area (Å²) in [5.41, 5.74) is 1.59. The number of hydrogen-bond acceptors (Lipinski definition) is 2. The summed E-state index contributed by atoms with van der Waals surface area (Å²) in [5, 5.41) is 8.60. The molecule has 0 aromatic heterocycles. The summed E-state index contributed by atoms with van der Waals surface area (Å²) < 4.78 is 0. The Hall–Kier alpha value is -1.05. The highest BCUT2D eigenvalue weighted by Gasteiger charge is 2.00. The van der Waals surface area contributed by atoms with Gasteiger partial charge in [-0.1, -0.05) is 11.6 Å². The van der Waals surface area contributed by atoms with Crippen molar-refractivity contribution in [2.75, 3.05) is 0 Å². The van der Waals surface area contributed by atoms with E-state index in [1.54, 1.807) is 0 Å². The number of rotatable bonds is 3. The smallest absolute Gasteiger partial charge is 0.159 e. The number of aliphatic hydroxyl groups is 1. The van der Waals surface area contributed by atoms with Gasteiger partial charge in [-0.3, -0.25) is 4.79 Å². The number of hydrogen-bond donors (Lipinski definition) is 1. The summed E-state index contributed by atoms with van der Waals surface area (Å²) in [7, 11) is 0. The predicted molar refractivity (Wildman–Crippen MR) is 45.4 cm³/mol. The van der Waals surface area contributed by atoms with Crippen molar-refractivity contribution < 1.29 is 9.90 Å². The molecule has 0 aliphatic heterocycles. The lowest BCUT2D eigenvalue weighted by Gasteiger charge is -1.96. The van der Waals surface area contributed by atoms with Crippen molar-refractivity contribution in [3.8, 4) is 0 Å². The lowest BCUT2D eigenvalue weighted by atomic mass is 10.1. The molecule has 2 nitrogen and oxygen atoms in total.